The number of hydrogen-bond donors (Lipinski definition) is 6. The fourth-order valence-electron chi connectivity index (χ4n) is 20.1. The van der Waals surface area contributed by atoms with Crippen LogP contribution in [0.25, 0.3) is 0 Å². The Bertz CT molecular complexity index is 5860. The fourth-order valence-corrected chi connectivity index (χ4v) is 26.7. The molecule has 6 N–H and O–H groups in total. The number of amides is 3. The standard InChI is InChI=1S/C29H41N3O5S.C27H37N3O3S.2C26H35N3O4S/c1-5-22-6-8-24(9-7-22)32(19-21(2)3)38(35,36)25-10-11-27-26(18-25)28(33)14-17-31(27)20-23-12-15-30(16-13-23)29(34)37-4;1-4-21-5-7-23(8-6-21)30(18-20(2)3)34(32,33)24-9-10-26-25(17-24)27(31)13-16-29(26)19-22-11-14-28-15-12-22;2*1-4-19-5-7-20(8-6-19)29(17-18(2)3)34(32,33)22-9-10-24-23(16-22)25(30)12-14-28(24)21-11-13-27-26(31)15-21/h6-11,18,21,23,28,33H,5,12-17,19-20H2,1-4H3;5-10,17,20,22,28H,4,11-16,18-19H2,1-3H3;2*5-10,16,18,21,25,30H,4,11-15,17H2,1-3H3,(H,27,31). The number of nitrogens with zero attached hydrogens (tertiary/aromatic N) is 9. The van der Waals surface area contributed by atoms with Crippen LogP contribution in [0.1, 0.15) is 228 Å². The van der Waals surface area contributed by atoms with E-state index in [-0.39, 0.29) is 79.0 Å². The van der Waals surface area contributed by atoms with Crippen LogP contribution in [-0.2, 0) is 80.1 Å². The molecule has 8 aliphatic heterocycles. The Kier molecular flexibility index (Phi) is 36.5. The third kappa shape index (κ3) is 25.8. The maximum absolute atomic E-state index is 13.9. The Morgan fingerprint density at radius 3 is 1.03 bits per heavy atom. The van der Waals surface area contributed by atoms with Crippen molar-refractivity contribution in [1.29, 1.82) is 0 Å². The van der Waals surface area contributed by atoms with Crippen molar-refractivity contribution in [3.63, 3.8) is 0 Å². The summed E-state index contributed by atoms with van der Waals surface area (Å²) in [5.41, 5.74) is 13.0. The summed E-state index contributed by atoms with van der Waals surface area (Å²) in [6.45, 7) is 34.9. The summed E-state index contributed by atoms with van der Waals surface area (Å²) >= 11 is 0. The van der Waals surface area contributed by atoms with Crippen molar-refractivity contribution < 1.29 is 72.9 Å². The summed E-state index contributed by atoms with van der Waals surface area (Å²) in [5.74, 6) is 1.65. The number of nitrogens with one attached hydrogen (secondary N) is 3. The molecule has 0 aliphatic carbocycles. The Labute approximate surface area is 831 Å². The molecule has 4 fully saturated rings. The van der Waals surface area contributed by atoms with Gasteiger partial charge in [0.1, 0.15) is 0 Å². The molecule has 28 nitrogen and oxygen atoms in total. The molecule has 0 aromatic heterocycles. The Morgan fingerprint density at radius 2 is 0.693 bits per heavy atom. The zero-order valence-corrected chi connectivity index (χ0v) is 87.2. The molecule has 5 unspecified atom stereocenters. The summed E-state index contributed by atoms with van der Waals surface area (Å²) in [6, 6.07) is 51.2. The minimum atomic E-state index is -3.84. The van der Waals surface area contributed by atoms with Gasteiger partial charge >= 0.3 is 6.09 Å². The number of anilines is 8. The van der Waals surface area contributed by atoms with Crippen LogP contribution in [0.3, 0.4) is 0 Å². The number of aliphatic hydroxyl groups is 3. The van der Waals surface area contributed by atoms with Crippen molar-refractivity contribution in [2.75, 3.05) is 149 Å². The number of Topliss-reactive ketones (excluding diaryl/α,β-unsaturated/α-hetero) is 1. The molecule has 8 aromatic rings. The van der Waals surface area contributed by atoms with Gasteiger partial charge in [-0.05, 0) is 276 Å². The summed E-state index contributed by atoms with van der Waals surface area (Å²) in [5, 5.41) is 41.5. The molecule has 3 amide bonds. The second kappa shape index (κ2) is 47.7. The van der Waals surface area contributed by atoms with E-state index in [1.807, 2.05) is 165 Å². The molecule has 760 valence electrons. The van der Waals surface area contributed by atoms with E-state index in [2.05, 4.69) is 63.2 Å². The van der Waals surface area contributed by atoms with E-state index < -0.39 is 58.4 Å². The predicted octanol–water partition coefficient (Wildman–Crippen LogP) is 16.6. The van der Waals surface area contributed by atoms with Gasteiger partial charge in [0.2, 0.25) is 11.8 Å². The van der Waals surface area contributed by atoms with Gasteiger partial charge in [-0.3, -0.25) is 31.6 Å². The van der Waals surface area contributed by atoms with Crippen molar-refractivity contribution in [2.45, 2.75) is 236 Å². The molecular weight excluding hydrogens is 1850 g/mol. The van der Waals surface area contributed by atoms with Gasteiger partial charge in [-0.25, -0.2) is 38.5 Å². The lowest BCUT2D eigenvalue weighted by molar-refractivity contribution is -0.123. The van der Waals surface area contributed by atoms with Crippen LogP contribution >= 0.6 is 0 Å². The summed E-state index contributed by atoms with van der Waals surface area (Å²) in [6.07, 6.45) is 9.60. The molecule has 0 radical (unpaired) electrons. The van der Waals surface area contributed by atoms with Gasteiger partial charge in [-0.2, -0.15) is 0 Å². The lowest BCUT2D eigenvalue weighted by atomic mass is 9.93. The van der Waals surface area contributed by atoms with Crippen LogP contribution in [0.15, 0.2) is 189 Å². The predicted molar refractivity (Wildman–Crippen MR) is 558 cm³/mol. The van der Waals surface area contributed by atoms with Gasteiger partial charge in [0.15, 0.2) is 5.78 Å². The van der Waals surface area contributed by atoms with Crippen LogP contribution in [0.2, 0.25) is 0 Å². The van der Waals surface area contributed by atoms with Crippen molar-refractivity contribution >= 4 is 109 Å². The molecule has 4 saturated heterocycles. The quantitative estimate of drug-likeness (QED) is 0.0243. The summed E-state index contributed by atoms with van der Waals surface area (Å²) < 4.78 is 121. The zero-order chi connectivity index (χ0) is 101. The van der Waals surface area contributed by atoms with E-state index in [9.17, 15) is 68.2 Å². The highest BCUT2D eigenvalue weighted by Gasteiger charge is 2.40. The van der Waals surface area contributed by atoms with Crippen LogP contribution in [0.5, 0.6) is 0 Å². The number of carbonyl (C=O) groups is 4. The first-order valence-electron chi connectivity index (χ1n) is 50.5. The highest BCUT2D eigenvalue weighted by molar-refractivity contribution is 7.93. The van der Waals surface area contributed by atoms with Crippen molar-refractivity contribution in [2.24, 2.45) is 35.5 Å². The number of carbonyl (C=O) groups excluding carboxylic acids is 4. The highest BCUT2D eigenvalue weighted by atomic mass is 32.2. The monoisotopic (exact) mass is 2000 g/mol. The van der Waals surface area contributed by atoms with Gasteiger partial charge in [0, 0.05) is 168 Å². The third-order valence-electron chi connectivity index (χ3n) is 28.0. The normalized spacial score (nSPS) is 19.2. The number of aryl methyl sites for hydroxylation is 4. The molecule has 32 heteroatoms. The zero-order valence-electron chi connectivity index (χ0n) is 84.0. The van der Waals surface area contributed by atoms with Crippen molar-refractivity contribution in [1.82, 2.24) is 20.9 Å². The highest BCUT2D eigenvalue weighted by Crippen LogP contribution is 2.44. The SMILES string of the molecule is CCc1ccc(N(CC(C)C)S(=O)(=O)c2ccc3c(c2)C(=O)CCN3CC2CCNCC2)cc1.CCc1ccc(N(CC(C)C)S(=O)(=O)c2ccc3c(c2)C(O)CCN3C2CCNC(=O)C2)cc1.CCc1ccc(N(CC(C)C)S(=O)(=O)c2ccc3c(c2)C(O)CCN3C2CCNC(=O)C2)cc1.CCc1ccc(N(CC(C)C)S(=O)(=O)c2ccc3c(c2)C(O)CCN3CC2CCN(C(=O)OC)CC2)cc1. The maximum Gasteiger partial charge on any atom is 0.409 e. The first kappa shape index (κ1) is 107. The van der Waals surface area contributed by atoms with Crippen LogP contribution in [0, 0.1) is 35.5 Å². The van der Waals surface area contributed by atoms with E-state index in [1.54, 1.807) is 65.6 Å². The molecular formula is C108H148N12O16S4. The van der Waals surface area contributed by atoms with Crippen LogP contribution < -0.4 is 52.8 Å². The second-order valence-electron chi connectivity index (χ2n) is 40.1. The molecule has 140 heavy (non-hydrogen) atoms. The number of methoxy groups -OCH3 is 1. The molecule has 16 rings (SSSR count). The summed E-state index contributed by atoms with van der Waals surface area (Å²) in [7, 11) is -13.9. The second-order valence-corrected chi connectivity index (χ2v) is 47.5. The minimum absolute atomic E-state index is 0.0244. The molecule has 8 heterocycles. The van der Waals surface area contributed by atoms with E-state index in [0.29, 0.717) is 174 Å². The van der Waals surface area contributed by atoms with E-state index in [4.69, 9.17) is 4.74 Å². The van der Waals surface area contributed by atoms with Gasteiger partial charge in [0.05, 0.1) is 67.8 Å². The lowest BCUT2D eigenvalue weighted by Gasteiger charge is -2.41. The Morgan fingerprint density at radius 1 is 0.379 bits per heavy atom. The number of fused-ring (bicyclic) bond motifs is 4. The minimum Gasteiger partial charge on any atom is -0.453 e. The van der Waals surface area contributed by atoms with E-state index in [1.165, 1.54) is 29.9 Å². The van der Waals surface area contributed by atoms with Gasteiger partial charge in [-0.15, -0.1) is 0 Å². The number of ether oxygens (including phenoxy) is 1. The largest absolute Gasteiger partial charge is 0.453 e. The van der Waals surface area contributed by atoms with E-state index in [0.717, 1.165) is 130 Å². The maximum atomic E-state index is 13.9. The lowest BCUT2D eigenvalue weighted by Crippen LogP contribution is -2.48. The van der Waals surface area contributed by atoms with Crippen LogP contribution in [0.4, 0.5) is 50.3 Å². The number of piperidine rings is 4. The average Bonchev–Trinajstić information content (AvgIpc) is 0.768. The number of likely N-dealkylation sites (tertiary alicyclic amines) is 1. The van der Waals surface area contributed by atoms with E-state index >= 15 is 0 Å². The number of rotatable bonds is 30. The fraction of sp³-hybridized carbons (Fsp3) is 0.519. The number of ketones is 1. The number of hydrogen-bond acceptors (Lipinski definition) is 21. The van der Waals surface area contributed by atoms with Crippen LogP contribution in [-0.4, -0.2) is 201 Å². The van der Waals surface area contributed by atoms with Gasteiger partial charge in [-0.1, -0.05) is 132 Å². The molecule has 5 atom stereocenters. The third-order valence-corrected chi connectivity index (χ3v) is 35.2. The first-order chi connectivity index (χ1) is 66.8. The number of aliphatic hydroxyl groups excluding tert-OH is 3. The Hall–Kier alpha value is -10.3. The molecule has 0 spiro atoms. The van der Waals surface area contributed by atoms with Gasteiger partial charge in [0.25, 0.3) is 40.1 Å². The molecule has 8 aromatic carbocycles. The number of sulfonamides is 4. The smallest absolute Gasteiger partial charge is 0.409 e. The number of benzene rings is 8. The molecule has 0 bridgehead atoms. The van der Waals surface area contributed by atoms with Crippen molar-refractivity contribution in [3.8, 4) is 0 Å². The summed E-state index contributed by atoms with van der Waals surface area (Å²) in [4.78, 5) is 59.9. The topological polar surface area (TPSA) is 340 Å². The molecule has 0 saturated carbocycles. The average molecular weight is 2000 g/mol. The van der Waals surface area contributed by atoms with Gasteiger partial charge < -0.3 is 60.5 Å². The first-order valence-corrected chi connectivity index (χ1v) is 56.3. The molecule has 8 aliphatic rings. The van der Waals surface area contributed by atoms with Crippen molar-refractivity contribution in [3.05, 3.63) is 214 Å². The Balaban J connectivity index is 0.000000157.